The molecule has 0 aliphatic heterocycles. The lowest BCUT2D eigenvalue weighted by Crippen LogP contribution is -2.30. The Morgan fingerprint density at radius 3 is 2.56 bits per heavy atom. The molecule has 1 aromatic carbocycles. The lowest BCUT2D eigenvalue weighted by molar-refractivity contribution is -0.485. The maximum absolute atomic E-state index is 13.6. The van der Waals surface area contributed by atoms with Gasteiger partial charge in [-0.25, -0.2) is 8.78 Å². The Labute approximate surface area is 103 Å². The summed E-state index contributed by atoms with van der Waals surface area (Å²) in [5, 5.41) is 10.6. The van der Waals surface area contributed by atoms with Crippen LogP contribution in [0.4, 0.5) is 8.78 Å². The van der Waals surface area contributed by atoms with E-state index in [4.69, 9.17) is 0 Å². The molecule has 0 radical (unpaired) electrons. The summed E-state index contributed by atoms with van der Waals surface area (Å²) in [7, 11) is 0. The summed E-state index contributed by atoms with van der Waals surface area (Å²) in [5.41, 5.74) is -1.30. The summed E-state index contributed by atoms with van der Waals surface area (Å²) in [6.07, 6.45) is 0.519. The molecule has 98 valence electrons. The molecule has 0 heterocycles. The second-order valence-corrected chi connectivity index (χ2v) is 4.67. The average Bonchev–Trinajstić information content (AvgIpc) is 2.29. The van der Waals surface area contributed by atoms with Crippen LogP contribution < -0.4 is 0 Å². The standard InChI is InChI=1S/C12H13F2NO3/c1-12(2,7-16)10(6-15(17)18)9-5-8(13)3-4-11(9)14/h3-5,7,10H,6H2,1-2H3. The molecule has 0 spiro atoms. The van der Waals surface area contributed by atoms with Crippen LogP contribution in [0.3, 0.4) is 0 Å². The average molecular weight is 257 g/mol. The van der Waals surface area contributed by atoms with Crippen molar-refractivity contribution in [3.05, 3.63) is 45.5 Å². The molecule has 18 heavy (non-hydrogen) atoms. The van der Waals surface area contributed by atoms with Gasteiger partial charge in [-0.2, -0.15) is 0 Å². The van der Waals surface area contributed by atoms with Crippen LogP contribution >= 0.6 is 0 Å². The zero-order chi connectivity index (χ0) is 13.9. The quantitative estimate of drug-likeness (QED) is 0.462. The van der Waals surface area contributed by atoms with Crippen molar-refractivity contribution < 1.29 is 18.5 Å². The number of benzene rings is 1. The summed E-state index contributed by atoms with van der Waals surface area (Å²) < 4.78 is 26.7. The Kier molecular flexibility index (Phi) is 4.11. The first-order valence-electron chi connectivity index (χ1n) is 5.31. The van der Waals surface area contributed by atoms with Gasteiger partial charge in [0.25, 0.3) is 0 Å². The third kappa shape index (κ3) is 3.09. The molecule has 0 fully saturated rings. The highest BCUT2D eigenvalue weighted by molar-refractivity contribution is 5.60. The predicted octanol–water partition coefficient (Wildman–Crippen LogP) is 2.55. The highest BCUT2D eigenvalue weighted by Gasteiger charge is 2.36. The minimum atomic E-state index is -1.15. The molecule has 0 aromatic heterocycles. The van der Waals surface area contributed by atoms with Crippen molar-refractivity contribution in [3.8, 4) is 0 Å². The van der Waals surface area contributed by atoms with Gasteiger partial charge in [-0.3, -0.25) is 10.1 Å². The van der Waals surface area contributed by atoms with E-state index in [-0.39, 0.29) is 5.56 Å². The Morgan fingerprint density at radius 1 is 1.44 bits per heavy atom. The van der Waals surface area contributed by atoms with Gasteiger partial charge in [-0.1, -0.05) is 13.8 Å². The molecule has 6 heteroatoms. The van der Waals surface area contributed by atoms with E-state index in [1.54, 1.807) is 0 Å². The summed E-state index contributed by atoms with van der Waals surface area (Å²) in [6.45, 7) is 2.28. The largest absolute Gasteiger partial charge is 0.303 e. The van der Waals surface area contributed by atoms with Gasteiger partial charge in [-0.15, -0.1) is 0 Å². The molecule has 1 unspecified atom stereocenters. The molecule has 0 bridgehead atoms. The summed E-state index contributed by atoms with van der Waals surface area (Å²) in [6, 6.07) is 2.73. The van der Waals surface area contributed by atoms with Crippen LogP contribution in [0.25, 0.3) is 0 Å². The van der Waals surface area contributed by atoms with Gasteiger partial charge in [0.05, 0.1) is 5.92 Å². The van der Waals surface area contributed by atoms with Gasteiger partial charge in [0.1, 0.15) is 17.9 Å². The van der Waals surface area contributed by atoms with Crippen molar-refractivity contribution in [2.24, 2.45) is 5.41 Å². The van der Waals surface area contributed by atoms with Crippen molar-refractivity contribution in [1.82, 2.24) is 0 Å². The van der Waals surface area contributed by atoms with E-state index in [2.05, 4.69) is 0 Å². The van der Waals surface area contributed by atoms with Crippen LogP contribution in [0.1, 0.15) is 25.3 Å². The minimum Gasteiger partial charge on any atom is -0.303 e. The van der Waals surface area contributed by atoms with Crippen LogP contribution in [0.15, 0.2) is 18.2 Å². The first-order chi connectivity index (χ1) is 8.27. The second-order valence-electron chi connectivity index (χ2n) is 4.67. The van der Waals surface area contributed by atoms with E-state index in [0.29, 0.717) is 6.29 Å². The fraction of sp³-hybridized carbons (Fsp3) is 0.417. The van der Waals surface area contributed by atoms with E-state index in [9.17, 15) is 23.7 Å². The van der Waals surface area contributed by atoms with Crippen molar-refractivity contribution >= 4 is 6.29 Å². The molecular weight excluding hydrogens is 244 g/mol. The molecule has 0 amide bonds. The van der Waals surface area contributed by atoms with Crippen molar-refractivity contribution in [1.29, 1.82) is 0 Å². The number of carbonyl (C=O) groups is 1. The maximum Gasteiger partial charge on any atom is 0.211 e. The lowest BCUT2D eigenvalue weighted by Gasteiger charge is -2.26. The molecular formula is C12H13F2NO3. The first-order valence-corrected chi connectivity index (χ1v) is 5.31. The Morgan fingerprint density at radius 2 is 2.06 bits per heavy atom. The first kappa shape index (κ1) is 14.2. The topological polar surface area (TPSA) is 60.2 Å². The number of hydrogen-bond acceptors (Lipinski definition) is 3. The number of halogens is 2. The molecule has 4 nitrogen and oxygen atoms in total. The van der Waals surface area contributed by atoms with E-state index in [1.165, 1.54) is 13.8 Å². The zero-order valence-electron chi connectivity index (χ0n) is 10.0. The SMILES string of the molecule is CC(C)(C=O)C(C[N+](=O)[O-])c1cc(F)ccc1F. The molecule has 0 aliphatic rings. The number of hydrogen-bond donors (Lipinski definition) is 0. The monoisotopic (exact) mass is 257 g/mol. The number of nitrogens with zero attached hydrogens (tertiary/aromatic N) is 1. The molecule has 0 saturated carbocycles. The lowest BCUT2D eigenvalue weighted by atomic mass is 9.76. The number of carbonyl (C=O) groups excluding carboxylic acids is 1. The van der Waals surface area contributed by atoms with Crippen LogP contribution in [0.5, 0.6) is 0 Å². The summed E-state index contributed by atoms with van der Waals surface area (Å²) in [4.78, 5) is 21.0. The predicted molar refractivity (Wildman–Crippen MR) is 60.8 cm³/mol. The van der Waals surface area contributed by atoms with Gasteiger partial charge in [-0.05, 0) is 18.2 Å². The summed E-state index contributed by atoms with van der Waals surface area (Å²) in [5.74, 6) is -2.46. The Balaban J connectivity index is 3.29. The number of nitro groups is 1. The third-order valence-electron chi connectivity index (χ3n) is 2.87. The molecule has 0 aliphatic carbocycles. The van der Waals surface area contributed by atoms with Crippen molar-refractivity contribution in [2.45, 2.75) is 19.8 Å². The molecule has 1 atom stereocenters. The van der Waals surface area contributed by atoms with Gasteiger partial charge in [0.15, 0.2) is 0 Å². The zero-order valence-corrected chi connectivity index (χ0v) is 10.0. The fourth-order valence-corrected chi connectivity index (χ4v) is 1.75. The van der Waals surface area contributed by atoms with E-state index < -0.39 is 34.4 Å². The highest BCUT2D eigenvalue weighted by atomic mass is 19.1. The normalized spacial score (nSPS) is 13.1. The van der Waals surface area contributed by atoms with E-state index in [1.807, 2.05) is 0 Å². The smallest absolute Gasteiger partial charge is 0.211 e. The Hall–Kier alpha value is -1.85. The van der Waals surface area contributed by atoms with Crippen LogP contribution in [-0.4, -0.2) is 17.8 Å². The molecule has 1 aromatic rings. The van der Waals surface area contributed by atoms with Crippen LogP contribution in [0.2, 0.25) is 0 Å². The number of aldehydes is 1. The fourth-order valence-electron chi connectivity index (χ4n) is 1.75. The van der Waals surface area contributed by atoms with E-state index in [0.717, 1.165) is 18.2 Å². The van der Waals surface area contributed by atoms with Crippen LogP contribution in [0, 0.1) is 27.2 Å². The summed E-state index contributed by atoms with van der Waals surface area (Å²) >= 11 is 0. The van der Waals surface area contributed by atoms with Gasteiger partial charge < -0.3 is 4.79 Å². The van der Waals surface area contributed by atoms with Gasteiger partial charge in [0, 0.05) is 15.9 Å². The van der Waals surface area contributed by atoms with Gasteiger partial charge in [0.2, 0.25) is 6.54 Å². The third-order valence-corrected chi connectivity index (χ3v) is 2.87. The maximum atomic E-state index is 13.6. The van der Waals surface area contributed by atoms with Crippen molar-refractivity contribution in [2.75, 3.05) is 6.54 Å². The Bertz CT molecular complexity index is 474. The van der Waals surface area contributed by atoms with Crippen LogP contribution in [-0.2, 0) is 4.79 Å². The number of rotatable bonds is 5. The second kappa shape index (κ2) is 5.20. The minimum absolute atomic E-state index is 0.149. The van der Waals surface area contributed by atoms with E-state index >= 15 is 0 Å². The molecule has 0 N–H and O–H groups in total. The van der Waals surface area contributed by atoms with Crippen molar-refractivity contribution in [3.63, 3.8) is 0 Å². The molecule has 0 saturated heterocycles. The van der Waals surface area contributed by atoms with Gasteiger partial charge >= 0.3 is 0 Å². The molecule has 1 rings (SSSR count). The highest BCUT2D eigenvalue weighted by Crippen LogP contribution is 2.35.